The number of piperidine rings is 1. The molecule has 0 radical (unpaired) electrons. The summed E-state index contributed by atoms with van der Waals surface area (Å²) in [5.74, 6) is -3.71. The van der Waals surface area contributed by atoms with E-state index >= 15 is 0 Å². The van der Waals surface area contributed by atoms with E-state index in [1.807, 2.05) is 56.7 Å². The van der Waals surface area contributed by atoms with Crippen LogP contribution in [0.3, 0.4) is 0 Å². The van der Waals surface area contributed by atoms with Crippen molar-refractivity contribution in [3.05, 3.63) is 45.9 Å². The number of hydrogen-bond acceptors (Lipinski definition) is 11. The number of likely N-dealkylation sites (N-methyl/N-ethyl adjacent to an activating group) is 1. The molecule has 1 aliphatic heterocycles. The van der Waals surface area contributed by atoms with Crippen LogP contribution in [0.5, 0.6) is 0 Å². The summed E-state index contributed by atoms with van der Waals surface area (Å²) in [5, 5.41) is 17.9. The predicted molar refractivity (Wildman–Crippen MR) is 248 cm³/mol. The molecule has 15 nitrogen and oxygen atoms in total. The van der Waals surface area contributed by atoms with Gasteiger partial charge in [0.2, 0.25) is 11.8 Å². The SMILES string of the molecule is CCCCCCN(C(=O)C(C=NC(=O)[C@H]1CCCCN1C)[C@@H](C)CC)[C@H](C[C@@H](OC(C)=O)c1nc(C(=O)NC(Cc2ccc(NCC(N)=O)cc2)CC(C)(C)C(=O)O)cs1)C(C)C. The molecule has 0 bridgehead atoms. The molecule has 4 amide bonds. The number of nitrogens with zero attached hydrogens (tertiary/aromatic N) is 4. The average Bonchev–Trinajstić information content (AvgIpc) is 3.73. The highest BCUT2D eigenvalue weighted by atomic mass is 32.1. The number of carbonyl (C=O) groups excluding carboxylic acids is 5. The first-order chi connectivity index (χ1) is 29.8. The van der Waals surface area contributed by atoms with Crippen molar-refractivity contribution in [2.45, 2.75) is 150 Å². The maximum atomic E-state index is 14.9. The van der Waals surface area contributed by atoms with Gasteiger partial charge in [-0.2, -0.15) is 0 Å². The highest BCUT2D eigenvalue weighted by Crippen LogP contribution is 2.33. The predicted octanol–water partition coefficient (Wildman–Crippen LogP) is 7.05. The average molecular weight is 896 g/mol. The molecule has 6 atom stereocenters. The van der Waals surface area contributed by atoms with Crippen molar-refractivity contribution in [2.24, 2.45) is 33.9 Å². The van der Waals surface area contributed by atoms with Gasteiger partial charge in [-0.05, 0) is 89.1 Å². The normalized spacial score (nSPS) is 17.1. The van der Waals surface area contributed by atoms with Crippen LogP contribution in [-0.4, -0.2) is 106 Å². The van der Waals surface area contributed by atoms with Crippen molar-refractivity contribution < 1.29 is 38.6 Å². The molecule has 0 spiro atoms. The van der Waals surface area contributed by atoms with Gasteiger partial charge in [0.05, 0.1) is 23.9 Å². The van der Waals surface area contributed by atoms with Crippen LogP contribution in [0.1, 0.15) is 147 Å². The zero-order valence-electron chi connectivity index (χ0n) is 39.0. The third-order valence-electron chi connectivity index (χ3n) is 12.0. The Hall–Kier alpha value is -4.70. The minimum Gasteiger partial charge on any atom is -0.481 e. The minimum atomic E-state index is -1.16. The quantitative estimate of drug-likeness (QED) is 0.0427. The molecule has 1 aromatic carbocycles. The zero-order chi connectivity index (χ0) is 46.9. The third-order valence-corrected chi connectivity index (χ3v) is 13.0. The largest absolute Gasteiger partial charge is 0.481 e. The number of esters is 1. The topological polar surface area (TPSA) is 214 Å². The van der Waals surface area contributed by atoms with Crippen molar-refractivity contribution in [3.63, 3.8) is 0 Å². The molecule has 3 rings (SSSR count). The summed E-state index contributed by atoms with van der Waals surface area (Å²) in [6.45, 7) is 16.0. The number of thiazole rings is 1. The van der Waals surface area contributed by atoms with Crippen molar-refractivity contribution in [1.82, 2.24) is 20.1 Å². The number of benzene rings is 1. The fourth-order valence-corrected chi connectivity index (χ4v) is 8.80. The van der Waals surface area contributed by atoms with E-state index < -0.39 is 53.3 Å². The van der Waals surface area contributed by atoms with E-state index in [0.29, 0.717) is 30.1 Å². The van der Waals surface area contributed by atoms with Gasteiger partial charge < -0.3 is 31.1 Å². The molecule has 350 valence electrons. The molecule has 2 aromatic rings. The zero-order valence-corrected chi connectivity index (χ0v) is 39.8. The molecule has 0 aliphatic carbocycles. The number of carboxylic acid groups (broad SMARTS) is 1. The summed E-state index contributed by atoms with van der Waals surface area (Å²) in [5.41, 5.74) is 5.69. The van der Waals surface area contributed by atoms with Gasteiger partial charge in [0.1, 0.15) is 10.7 Å². The molecule has 1 saturated heterocycles. The number of nitrogens with two attached hydrogens (primary N) is 1. The number of unbranched alkanes of at least 4 members (excludes halogenated alkanes) is 3. The Morgan fingerprint density at radius 3 is 2.37 bits per heavy atom. The van der Waals surface area contributed by atoms with Crippen molar-refractivity contribution in [2.75, 3.05) is 32.0 Å². The van der Waals surface area contributed by atoms with E-state index in [9.17, 15) is 33.9 Å². The number of aliphatic imine (C=N–C) groups is 1. The number of hydrogen-bond donors (Lipinski definition) is 4. The second kappa shape index (κ2) is 25.6. The lowest BCUT2D eigenvalue weighted by Gasteiger charge is -2.38. The number of primary amides is 1. The molecule has 0 saturated carbocycles. The molecule has 2 unspecified atom stereocenters. The number of amides is 4. The van der Waals surface area contributed by atoms with Crippen LogP contribution >= 0.6 is 11.3 Å². The summed E-state index contributed by atoms with van der Waals surface area (Å²) in [6.07, 6.45) is 8.54. The van der Waals surface area contributed by atoms with Gasteiger partial charge in [-0.1, -0.05) is 78.9 Å². The maximum absolute atomic E-state index is 14.9. The second-order valence-electron chi connectivity index (χ2n) is 18.1. The molecular formula is C47H73N7O8S. The van der Waals surface area contributed by atoms with Gasteiger partial charge in [0.15, 0.2) is 6.10 Å². The monoisotopic (exact) mass is 896 g/mol. The number of anilines is 1. The molecule has 5 N–H and O–H groups in total. The summed E-state index contributed by atoms with van der Waals surface area (Å²) in [4.78, 5) is 91.2. The fraction of sp³-hybridized carbons (Fsp3) is 0.660. The Morgan fingerprint density at radius 1 is 1.08 bits per heavy atom. The third kappa shape index (κ3) is 16.7. The standard InChI is InChI=1S/C47H73N7O8S/c1-10-12-13-15-23-54(45(59)36(31(5)11-2)27-50-43(58)38-17-14-16-22-53(38)9)39(30(3)4)25-40(62-32(6)55)44-52-37(29-63-44)42(57)51-35(26-47(7,8)46(60)61)24-33-18-20-34(21-19-33)49-28-41(48)56/h18-21,27,29-31,35-36,38-40,49H,10-17,22-26,28H2,1-9H3,(H2,48,56)(H,51,57)(H,60,61)/t31-,35?,36?,38+,39+,40+/m0/s1. The lowest BCUT2D eigenvalue weighted by Crippen LogP contribution is -2.49. The Morgan fingerprint density at radius 2 is 1.78 bits per heavy atom. The van der Waals surface area contributed by atoms with Crippen LogP contribution in [0.2, 0.25) is 0 Å². The summed E-state index contributed by atoms with van der Waals surface area (Å²) in [6, 6.07) is 5.93. The van der Waals surface area contributed by atoms with Crippen LogP contribution in [0, 0.1) is 23.2 Å². The smallest absolute Gasteiger partial charge is 0.309 e. The highest BCUT2D eigenvalue weighted by Gasteiger charge is 2.37. The van der Waals surface area contributed by atoms with E-state index in [2.05, 4.69) is 27.5 Å². The molecule has 1 aliphatic rings. The van der Waals surface area contributed by atoms with Gasteiger partial charge in [-0.3, -0.25) is 33.7 Å². The Bertz CT molecular complexity index is 1850. The van der Waals surface area contributed by atoms with Crippen molar-refractivity contribution in [3.8, 4) is 0 Å². The number of carbonyl (C=O) groups is 6. The first kappa shape index (κ1) is 52.6. The first-order valence-electron chi connectivity index (χ1n) is 22.6. The molecule has 2 heterocycles. The van der Waals surface area contributed by atoms with Crippen LogP contribution in [-0.2, 0) is 35.1 Å². The molecule has 63 heavy (non-hydrogen) atoms. The molecule has 1 aromatic heterocycles. The Balaban J connectivity index is 1.93. The lowest BCUT2D eigenvalue weighted by atomic mass is 9.84. The van der Waals surface area contributed by atoms with Gasteiger partial charge in [0, 0.05) is 49.3 Å². The van der Waals surface area contributed by atoms with Crippen LogP contribution in [0.15, 0.2) is 34.6 Å². The fourth-order valence-electron chi connectivity index (χ4n) is 7.96. The van der Waals surface area contributed by atoms with Gasteiger partial charge >= 0.3 is 11.9 Å². The van der Waals surface area contributed by atoms with E-state index in [4.69, 9.17) is 10.5 Å². The van der Waals surface area contributed by atoms with Gasteiger partial charge in [-0.25, -0.2) is 9.98 Å². The van der Waals surface area contributed by atoms with E-state index in [0.717, 1.165) is 57.1 Å². The summed E-state index contributed by atoms with van der Waals surface area (Å²) in [7, 11) is 1.94. The highest BCUT2D eigenvalue weighted by molar-refractivity contribution is 7.09. The van der Waals surface area contributed by atoms with E-state index in [1.54, 1.807) is 37.6 Å². The van der Waals surface area contributed by atoms with Crippen LogP contribution in [0.4, 0.5) is 5.69 Å². The van der Waals surface area contributed by atoms with E-state index in [1.165, 1.54) is 18.3 Å². The summed E-state index contributed by atoms with van der Waals surface area (Å²) >= 11 is 1.17. The number of ether oxygens (including phenoxy) is 1. The lowest BCUT2D eigenvalue weighted by molar-refractivity contribution is -0.149. The molecule has 1 fully saturated rings. The number of carboxylic acids is 1. The molecule has 16 heteroatoms. The van der Waals surface area contributed by atoms with Crippen LogP contribution < -0.4 is 16.4 Å². The van der Waals surface area contributed by atoms with Crippen LogP contribution in [0.25, 0.3) is 0 Å². The number of likely N-dealkylation sites (tertiary alicyclic amines) is 1. The number of nitrogens with one attached hydrogen (secondary N) is 2. The summed E-state index contributed by atoms with van der Waals surface area (Å²) < 4.78 is 5.93. The second-order valence-corrected chi connectivity index (χ2v) is 19.0. The first-order valence-corrected chi connectivity index (χ1v) is 23.5. The Labute approximate surface area is 378 Å². The number of aromatic nitrogens is 1. The van der Waals surface area contributed by atoms with Crippen molar-refractivity contribution in [1.29, 1.82) is 0 Å². The number of aliphatic carboxylic acids is 1. The Kier molecular flexibility index (Phi) is 21.4. The minimum absolute atomic E-state index is 0.0256. The molecular weight excluding hydrogens is 823 g/mol. The maximum Gasteiger partial charge on any atom is 0.309 e. The number of rotatable bonds is 26. The van der Waals surface area contributed by atoms with E-state index in [-0.39, 0.29) is 54.8 Å². The van der Waals surface area contributed by atoms with Gasteiger partial charge in [-0.15, -0.1) is 11.3 Å². The van der Waals surface area contributed by atoms with Crippen molar-refractivity contribution >= 4 is 58.8 Å². The van der Waals surface area contributed by atoms with Gasteiger partial charge in [0.25, 0.3) is 11.8 Å².